The molecular formula is C51H61N13O4. The van der Waals surface area contributed by atoms with Gasteiger partial charge in [0.2, 0.25) is 23.6 Å². The Bertz CT molecular complexity index is 2750. The second-order valence-corrected chi connectivity index (χ2v) is 19.8. The summed E-state index contributed by atoms with van der Waals surface area (Å²) in [5.41, 5.74) is 7.09. The van der Waals surface area contributed by atoms with E-state index in [0.29, 0.717) is 60.7 Å². The molecular weight excluding hydrogens is 859 g/mol. The van der Waals surface area contributed by atoms with Crippen LogP contribution in [-0.2, 0) is 25.6 Å². The van der Waals surface area contributed by atoms with Crippen molar-refractivity contribution in [1.82, 2.24) is 44.9 Å². The predicted octanol–water partition coefficient (Wildman–Crippen LogP) is 5.69. The van der Waals surface area contributed by atoms with Crippen LogP contribution in [0.4, 0.5) is 17.2 Å². The number of imide groups is 1. The molecule has 4 aromatic heterocycles. The number of aromatic nitrogens is 6. The van der Waals surface area contributed by atoms with Gasteiger partial charge in [-0.25, -0.2) is 14.5 Å². The van der Waals surface area contributed by atoms with Gasteiger partial charge in [-0.3, -0.25) is 29.2 Å². The minimum atomic E-state index is -0.363. The highest BCUT2D eigenvalue weighted by Crippen LogP contribution is 2.39. The van der Waals surface area contributed by atoms with Gasteiger partial charge in [-0.15, -0.1) is 0 Å². The Kier molecular flexibility index (Phi) is 12.4. The number of rotatable bonds is 11. The zero-order valence-electron chi connectivity index (χ0n) is 39.4. The smallest absolute Gasteiger partial charge is 0.249 e. The second kappa shape index (κ2) is 18.7. The first-order chi connectivity index (χ1) is 33.0. The zero-order valence-corrected chi connectivity index (χ0v) is 39.4. The van der Waals surface area contributed by atoms with Crippen molar-refractivity contribution in [3.63, 3.8) is 0 Å². The van der Waals surface area contributed by atoms with Crippen molar-refractivity contribution in [3.8, 4) is 28.6 Å². The molecule has 2 N–H and O–H groups in total. The first kappa shape index (κ1) is 45.0. The highest BCUT2D eigenvalue weighted by molar-refractivity contribution is 6.02. The van der Waals surface area contributed by atoms with E-state index in [2.05, 4.69) is 61.6 Å². The molecule has 1 unspecified atom stereocenters. The number of nitrogens with zero attached hydrogens (tertiary/aromatic N) is 11. The number of carbonyl (C=O) groups excluding carboxylic acids is 4. The lowest BCUT2D eigenvalue weighted by Crippen LogP contribution is -2.52. The van der Waals surface area contributed by atoms with Crippen molar-refractivity contribution < 1.29 is 19.2 Å². The summed E-state index contributed by atoms with van der Waals surface area (Å²) in [7, 11) is 0. The number of carbonyl (C=O) groups is 4. The molecule has 17 heteroatoms. The van der Waals surface area contributed by atoms with Crippen molar-refractivity contribution >= 4 is 46.3 Å². The monoisotopic (exact) mass is 919 g/mol. The number of nitrogens with one attached hydrogen (secondary N) is 2. The third-order valence-corrected chi connectivity index (χ3v) is 15.4. The Hall–Kier alpha value is -6.83. The molecule has 0 aliphatic carbocycles. The van der Waals surface area contributed by atoms with Crippen molar-refractivity contribution in [1.29, 1.82) is 5.26 Å². The van der Waals surface area contributed by atoms with Gasteiger partial charge in [-0.05, 0) is 113 Å². The normalized spacial score (nSPS) is 20.2. The fraction of sp³-hybridized carbons (Fsp3) is 0.510. The maximum absolute atomic E-state index is 13.6. The molecule has 4 saturated heterocycles. The lowest BCUT2D eigenvalue weighted by atomic mass is 9.75. The van der Waals surface area contributed by atoms with E-state index in [4.69, 9.17) is 15.1 Å². The first-order valence-corrected chi connectivity index (χ1v) is 24.6. The van der Waals surface area contributed by atoms with Crippen LogP contribution in [0.25, 0.3) is 28.0 Å². The van der Waals surface area contributed by atoms with Crippen LogP contribution in [0.15, 0.2) is 61.3 Å². The molecule has 0 saturated carbocycles. The minimum absolute atomic E-state index is 0.106. The van der Waals surface area contributed by atoms with Gasteiger partial charge in [0.05, 0.1) is 41.4 Å². The molecule has 4 fully saturated rings. The van der Waals surface area contributed by atoms with Gasteiger partial charge in [0, 0.05) is 99.6 Å². The quantitative estimate of drug-likeness (QED) is 0.154. The summed E-state index contributed by atoms with van der Waals surface area (Å²) >= 11 is 0. The van der Waals surface area contributed by atoms with E-state index in [1.807, 2.05) is 54.2 Å². The number of hydrogen-bond acceptors (Lipinski definition) is 12. The molecule has 5 aliphatic heterocycles. The number of piperidine rings is 4. The summed E-state index contributed by atoms with van der Waals surface area (Å²) in [5.74, 6) is 1.19. The molecule has 68 heavy (non-hydrogen) atoms. The summed E-state index contributed by atoms with van der Waals surface area (Å²) < 4.78 is 3.71. The second-order valence-electron chi connectivity index (χ2n) is 19.8. The highest BCUT2D eigenvalue weighted by atomic mass is 16.2. The topological polar surface area (TPSA) is 190 Å². The summed E-state index contributed by atoms with van der Waals surface area (Å²) in [6, 6.07) is 12.8. The molecule has 5 aliphatic rings. The van der Waals surface area contributed by atoms with E-state index in [9.17, 15) is 24.4 Å². The average Bonchev–Trinajstić information content (AvgIpc) is 4.13. The Morgan fingerprint density at radius 1 is 0.882 bits per heavy atom. The fourth-order valence-electron chi connectivity index (χ4n) is 11.2. The van der Waals surface area contributed by atoms with Gasteiger partial charge in [0.25, 0.3) is 0 Å². The van der Waals surface area contributed by atoms with E-state index in [-0.39, 0.29) is 47.2 Å². The van der Waals surface area contributed by atoms with Gasteiger partial charge in [0.15, 0.2) is 0 Å². The summed E-state index contributed by atoms with van der Waals surface area (Å²) in [6.07, 6.45) is 17.3. The van der Waals surface area contributed by atoms with E-state index >= 15 is 0 Å². The van der Waals surface area contributed by atoms with Gasteiger partial charge in [-0.1, -0.05) is 6.92 Å². The van der Waals surface area contributed by atoms with Crippen molar-refractivity contribution in [2.45, 2.75) is 110 Å². The third kappa shape index (κ3) is 8.76. The number of nitriles is 1. The lowest BCUT2D eigenvalue weighted by molar-refractivity contribution is -0.135. The number of likely N-dealkylation sites (tertiary alicyclic amines) is 1. The van der Waals surface area contributed by atoms with Crippen LogP contribution in [0.3, 0.4) is 0 Å². The highest BCUT2D eigenvalue weighted by Gasteiger charge is 2.40. The van der Waals surface area contributed by atoms with Crippen LogP contribution in [-0.4, -0.2) is 116 Å². The standard InChI is InChI=1S/C51H61N13O4/c1-4-51(50(68)56-33(2)3)16-23-60(24-17-51)44-9-5-36(28-53-44)47-48-37(27-52)29-55-64(48)32-41(57-47)38-30-54-63(31-38)39-14-20-61(21-15-39)46(66)25-34-11-18-59(19-12-34)40-6-7-42-35(26-40)13-22-62(42)43-8-10-45(65)58-49(43)67/h5-7,9,26,28-34,39,43H,4,8,10-25H2,1-3H3,(H,56,68)(H,58,65,67). The van der Waals surface area contributed by atoms with Crippen molar-refractivity contribution in [2.75, 3.05) is 60.5 Å². The number of anilines is 3. The van der Waals surface area contributed by atoms with Crippen LogP contribution in [0.2, 0.25) is 0 Å². The molecule has 0 spiro atoms. The van der Waals surface area contributed by atoms with Crippen LogP contribution in [0.1, 0.15) is 102 Å². The maximum Gasteiger partial charge on any atom is 0.249 e. The number of hydrogen-bond donors (Lipinski definition) is 2. The number of amides is 4. The fourth-order valence-corrected chi connectivity index (χ4v) is 11.2. The van der Waals surface area contributed by atoms with Crippen LogP contribution in [0.5, 0.6) is 0 Å². The molecule has 1 atom stereocenters. The Morgan fingerprint density at radius 2 is 1.68 bits per heavy atom. The summed E-state index contributed by atoms with van der Waals surface area (Å²) in [4.78, 5) is 69.8. The number of pyridine rings is 1. The van der Waals surface area contributed by atoms with Gasteiger partial charge >= 0.3 is 0 Å². The van der Waals surface area contributed by atoms with E-state index in [1.165, 1.54) is 11.3 Å². The minimum Gasteiger partial charge on any atom is -0.372 e. The van der Waals surface area contributed by atoms with Gasteiger partial charge in [-0.2, -0.15) is 15.5 Å². The molecule has 5 aromatic rings. The molecule has 17 nitrogen and oxygen atoms in total. The van der Waals surface area contributed by atoms with E-state index < -0.39 is 0 Å². The average molecular weight is 920 g/mol. The molecule has 354 valence electrons. The summed E-state index contributed by atoms with van der Waals surface area (Å²) in [5, 5.41) is 25.0. The zero-order chi connectivity index (χ0) is 47.1. The molecule has 1 aromatic carbocycles. The summed E-state index contributed by atoms with van der Waals surface area (Å²) in [6.45, 7) is 11.5. The SMILES string of the molecule is CCC1(C(=O)NC(C)C)CCN(c2ccc(-c3nc(-c4cnn(C5CCN(C(=O)CC6CCN(c7ccc8c(c7)CCN8C7CCC(=O)NC7=O)CC6)CC5)c4)cn4ncc(C#N)c34)cn2)CC1. The van der Waals surface area contributed by atoms with Crippen LogP contribution in [0, 0.1) is 22.7 Å². The van der Waals surface area contributed by atoms with Gasteiger partial charge in [0.1, 0.15) is 29.0 Å². The van der Waals surface area contributed by atoms with Gasteiger partial charge < -0.3 is 24.9 Å². The maximum atomic E-state index is 13.6. The largest absolute Gasteiger partial charge is 0.372 e. The lowest BCUT2D eigenvalue weighted by Gasteiger charge is -2.41. The predicted molar refractivity (Wildman–Crippen MR) is 258 cm³/mol. The number of fused-ring (bicyclic) bond motifs is 2. The van der Waals surface area contributed by atoms with Crippen LogP contribution >= 0.6 is 0 Å². The molecule has 4 amide bonds. The molecule has 10 rings (SSSR count). The molecule has 0 bridgehead atoms. The first-order valence-electron chi connectivity index (χ1n) is 24.6. The Balaban J connectivity index is 0.735. The van der Waals surface area contributed by atoms with Crippen LogP contribution < -0.4 is 25.3 Å². The Labute approximate surface area is 396 Å². The van der Waals surface area contributed by atoms with E-state index in [1.54, 1.807) is 16.9 Å². The number of benzene rings is 1. The molecule has 9 heterocycles. The Morgan fingerprint density at radius 3 is 2.38 bits per heavy atom. The van der Waals surface area contributed by atoms with Crippen molar-refractivity contribution in [2.24, 2.45) is 11.3 Å². The molecule has 0 radical (unpaired) electrons. The third-order valence-electron chi connectivity index (χ3n) is 15.4. The van der Waals surface area contributed by atoms with E-state index in [0.717, 1.165) is 107 Å². The van der Waals surface area contributed by atoms with Crippen molar-refractivity contribution in [3.05, 3.63) is 72.4 Å².